The summed E-state index contributed by atoms with van der Waals surface area (Å²) in [5, 5.41) is 0. The van der Waals surface area contributed by atoms with Crippen LogP contribution in [-0.4, -0.2) is 44.8 Å². The maximum absolute atomic E-state index is 12.3. The van der Waals surface area contributed by atoms with Crippen LogP contribution in [0.25, 0.3) is 0 Å². The number of sulfonamides is 1. The molecule has 1 aromatic rings. The van der Waals surface area contributed by atoms with Crippen molar-refractivity contribution in [3.8, 4) is 0 Å². The Balaban J connectivity index is 1.87. The molecule has 0 aromatic heterocycles. The van der Waals surface area contributed by atoms with Gasteiger partial charge in [0.15, 0.2) is 0 Å². The third-order valence-corrected chi connectivity index (χ3v) is 5.95. The van der Waals surface area contributed by atoms with Gasteiger partial charge in [0.25, 0.3) is 0 Å². The van der Waals surface area contributed by atoms with Gasteiger partial charge in [-0.15, -0.1) is 0 Å². The van der Waals surface area contributed by atoms with Crippen LogP contribution in [0.15, 0.2) is 30.3 Å². The van der Waals surface area contributed by atoms with E-state index >= 15 is 0 Å². The van der Waals surface area contributed by atoms with Crippen molar-refractivity contribution in [2.24, 2.45) is 0 Å². The smallest absolute Gasteiger partial charge is 0.213 e. The Morgan fingerprint density at radius 1 is 1.33 bits per heavy atom. The molecule has 1 heterocycles. The van der Waals surface area contributed by atoms with Crippen molar-refractivity contribution in [3.05, 3.63) is 35.9 Å². The molecule has 5 heteroatoms. The minimum atomic E-state index is -3.20. The number of nitrogens with zero attached hydrogens (tertiary/aromatic N) is 1. The fourth-order valence-corrected chi connectivity index (χ4v) is 4.02. The summed E-state index contributed by atoms with van der Waals surface area (Å²) in [7, 11) is -1.53. The molecule has 4 nitrogen and oxygen atoms in total. The summed E-state index contributed by atoms with van der Waals surface area (Å²) in [4.78, 5) is 0. The summed E-state index contributed by atoms with van der Waals surface area (Å²) in [6.07, 6.45) is 2.76. The van der Waals surface area contributed by atoms with Gasteiger partial charge in [0.05, 0.1) is 11.9 Å². The predicted octanol–water partition coefficient (Wildman–Crippen LogP) is 2.62. The van der Waals surface area contributed by atoms with Crippen LogP contribution in [0.5, 0.6) is 0 Å². The molecule has 2 atom stereocenters. The van der Waals surface area contributed by atoms with Crippen LogP contribution in [0.2, 0.25) is 0 Å². The van der Waals surface area contributed by atoms with E-state index in [1.54, 1.807) is 7.05 Å². The Kier molecular flexibility index (Phi) is 5.79. The van der Waals surface area contributed by atoms with Gasteiger partial charge >= 0.3 is 0 Å². The standard InChI is InChI=1S/C16H25NO3S/c1-14(15-7-4-3-5-8-15)13-17(2)21(18,19)12-10-16-9-6-11-20-16/h3-5,7-8,14,16H,6,9-13H2,1-2H3/t14-,16-/m1/s1. The molecule has 0 amide bonds. The number of hydrogen-bond donors (Lipinski definition) is 0. The molecule has 0 spiro atoms. The van der Waals surface area contributed by atoms with Gasteiger partial charge < -0.3 is 4.74 Å². The van der Waals surface area contributed by atoms with Crippen LogP contribution in [0.4, 0.5) is 0 Å². The second-order valence-electron chi connectivity index (χ2n) is 5.83. The molecule has 0 saturated carbocycles. The quantitative estimate of drug-likeness (QED) is 0.777. The molecule has 2 rings (SSSR count). The summed E-state index contributed by atoms with van der Waals surface area (Å²) in [6.45, 7) is 3.34. The van der Waals surface area contributed by atoms with Gasteiger partial charge in [-0.1, -0.05) is 37.3 Å². The molecular formula is C16H25NO3S. The zero-order chi connectivity index (χ0) is 15.3. The Bertz CT molecular complexity index is 524. The molecule has 1 aromatic carbocycles. The van der Waals surface area contributed by atoms with Gasteiger partial charge in [-0.05, 0) is 30.7 Å². The number of rotatable bonds is 7. The zero-order valence-electron chi connectivity index (χ0n) is 12.9. The highest BCUT2D eigenvalue weighted by atomic mass is 32.2. The third kappa shape index (κ3) is 4.80. The van der Waals surface area contributed by atoms with Crippen molar-refractivity contribution in [3.63, 3.8) is 0 Å². The van der Waals surface area contributed by atoms with Gasteiger partial charge in [0.2, 0.25) is 10.0 Å². The maximum atomic E-state index is 12.3. The minimum absolute atomic E-state index is 0.125. The van der Waals surface area contributed by atoms with Crippen molar-refractivity contribution in [1.82, 2.24) is 4.31 Å². The normalized spacial score (nSPS) is 20.8. The fourth-order valence-electron chi connectivity index (χ4n) is 2.69. The number of hydrogen-bond acceptors (Lipinski definition) is 3. The fraction of sp³-hybridized carbons (Fsp3) is 0.625. The first-order valence-corrected chi connectivity index (χ1v) is 9.20. The van der Waals surface area contributed by atoms with Gasteiger partial charge in [-0.2, -0.15) is 0 Å². The van der Waals surface area contributed by atoms with E-state index in [9.17, 15) is 8.42 Å². The van der Waals surface area contributed by atoms with Crippen molar-refractivity contribution < 1.29 is 13.2 Å². The zero-order valence-corrected chi connectivity index (χ0v) is 13.7. The van der Waals surface area contributed by atoms with Gasteiger partial charge in [-0.3, -0.25) is 0 Å². The maximum Gasteiger partial charge on any atom is 0.213 e. The van der Waals surface area contributed by atoms with E-state index in [1.165, 1.54) is 9.87 Å². The van der Waals surface area contributed by atoms with Crippen LogP contribution in [0.3, 0.4) is 0 Å². The Morgan fingerprint density at radius 2 is 2.05 bits per heavy atom. The largest absolute Gasteiger partial charge is 0.378 e. The molecule has 0 radical (unpaired) electrons. The van der Waals surface area contributed by atoms with Crippen LogP contribution in [0.1, 0.15) is 37.7 Å². The average molecular weight is 311 g/mol. The van der Waals surface area contributed by atoms with Gasteiger partial charge in [-0.25, -0.2) is 12.7 Å². The first kappa shape index (κ1) is 16.5. The average Bonchev–Trinajstić information content (AvgIpc) is 2.99. The van der Waals surface area contributed by atoms with Gasteiger partial charge in [0.1, 0.15) is 0 Å². The lowest BCUT2D eigenvalue weighted by atomic mass is 10.0. The molecule has 1 aliphatic heterocycles. The van der Waals surface area contributed by atoms with E-state index in [2.05, 4.69) is 6.92 Å². The van der Waals surface area contributed by atoms with Crippen molar-refractivity contribution >= 4 is 10.0 Å². The van der Waals surface area contributed by atoms with E-state index in [0.29, 0.717) is 13.0 Å². The molecule has 21 heavy (non-hydrogen) atoms. The van der Waals surface area contributed by atoms with E-state index in [-0.39, 0.29) is 17.8 Å². The molecule has 0 aliphatic carbocycles. The lowest BCUT2D eigenvalue weighted by Crippen LogP contribution is -2.33. The Morgan fingerprint density at radius 3 is 2.67 bits per heavy atom. The highest BCUT2D eigenvalue weighted by Crippen LogP contribution is 2.19. The van der Waals surface area contributed by atoms with Crippen LogP contribution in [-0.2, 0) is 14.8 Å². The van der Waals surface area contributed by atoms with E-state index in [0.717, 1.165) is 19.4 Å². The number of benzene rings is 1. The van der Waals surface area contributed by atoms with E-state index < -0.39 is 10.0 Å². The van der Waals surface area contributed by atoms with Gasteiger partial charge in [0, 0.05) is 20.2 Å². The molecule has 0 unspecified atom stereocenters. The highest BCUT2D eigenvalue weighted by molar-refractivity contribution is 7.89. The lowest BCUT2D eigenvalue weighted by molar-refractivity contribution is 0.108. The summed E-state index contributed by atoms with van der Waals surface area (Å²) >= 11 is 0. The summed E-state index contributed by atoms with van der Waals surface area (Å²) < 4.78 is 31.6. The summed E-state index contributed by atoms with van der Waals surface area (Å²) in [5.74, 6) is 0.365. The van der Waals surface area contributed by atoms with Crippen LogP contribution < -0.4 is 0 Å². The summed E-state index contributed by atoms with van der Waals surface area (Å²) in [6, 6.07) is 10.0. The molecule has 118 valence electrons. The lowest BCUT2D eigenvalue weighted by Gasteiger charge is -2.22. The third-order valence-electron chi connectivity index (χ3n) is 4.10. The molecule has 0 bridgehead atoms. The van der Waals surface area contributed by atoms with Crippen molar-refractivity contribution in [2.45, 2.75) is 38.2 Å². The minimum Gasteiger partial charge on any atom is -0.378 e. The van der Waals surface area contributed by atoms with Crippen molar-refractivity contribution in [2.75, 3.05) is 26.0 Å². The summed E-state index contributed by atoms with van der Waals surface area (Å²) in [5.41, 5.74) is 1.17. The van der Waals surface area contributed by atoms with E-state index in [4.69, 9.17) is 4.74 Å². The van der Waals surface area contributed by atoms with E-state index in [1.807, 2.05) is 30.3 Å². The first-order chi connectivity index (χ1) is 9.99. The monoisotopic (exact) mass is 311 g/mol. The number of likely N-dealkylation sites (N-methyl/N-ethyl adjacent to an activating group) is 1. The molecule has 1 aliphatic rings. The first-order valence-electron chi connectivity index (χ1n) is 7.59. The van der Waals surface area contributed by atoms with Crippen LogP contribution in [0, 0.1) is 0 Å². The second kappa shape index (κ2) is 7.38. The second-order valence-corrected chi connectivity index (χ2v) is 8.03. The molecule has 1 saturated heterocycles. The van der Waals surface area contributed by atoms with Crippen molar-refractivity contribution in [1.29, 1.82) is 0 Å². The number of ether oxygens (including phenoxy) is 1. The Labute approximate surface area is 128 Å². The predicted molar refractivity (Wildman–Crippen MR) is 84.9 cm³/mol. The topological polar surface area (TPSA) is 46.6 Å². The molecule has 1 fully saturated rings. The molecular weight excluding hydrogens is 286 g/mol. The SMILES string of the molecule is C[C@H](CN(C)S(=O)(=O)CC[C@H]1CCCO1)c1ccccc1. The van der Waals surface area contributed by atoms with Crippen LogP contribution >= 0.6 is 0 Å². The Hall–Kier alpha value is -0.910. The molecule has 0 N–H and O–H groups in total. The highest BCUT2D eigenvalue weighted by Gasteiger charge is 2.24.